The maximum atomic E-state index is 12.2. The van der Waals surface area contributed by atoms with E-state index in [1.54, 1.807) is 44.5 Å². The summed E-state index contributed by atoms with van der Waals surface area (Å²) in [5.41, 5.74) is 0.447. The molecule has 0 unspecified atom stereocenters. The molecule has 0 radical (unpaired) electrons. The van der Waals surface area contributed by atoms with E-state index in [0.717, 1.165) is 0 Å². The number of ether oxygens (including phenoxy) is 3. The lowest BCUT2D eigenvalue weighted by Gasteiger charge is -2.20. The molecule has 1 N–H and O–H groups in total. The number of carbonyl (C=O) groups is 3. The number of fused-ring (bicyclic) bond motifs is 1. The van der Waals surface area contributed by atoms with Crippen LogP contribution in [0, 0.1) is 11.8 Å². The maximum absolute atomic E-state index is 12.2. The highest BCUT2D eigenvalue weighted by atomic mass is 35.5. The van der Waals surface area contributed by atoms with Crippen molar-refractivity contribution in [3.8, 4) is 0 Å². The van der Waals surface area contributed by atoms with Gasteiger partial charge in [-0.25, -0.2) is 0 Å². The fourth-order valence-corrected chi connectivity index (χ4v) is 3.34. The molecule has 0 saturated carbocycles. The van der Waals surface area contributed by atoms with Gasteiger partial charge in [0.1, 0.15) is 35.8 Å². The van der Waals surface area contributed by atoms with E-state index in [0.29, 0.717) is 23.9 Å². The van der Waals surface area contributed by atoms with Crippen molar-refractivity contribution in [2.45, 2.75) is 52.6 Å². The second-order valence-corrected chi connectivity index (χ2v) is 8.20. The standard InChI is InChI=1S/C20H25ClN4O6/c1-10(2)18(27)29-8-14-13(31-19(28)11(3)4)7-15(30-14)25-6-5-12-16(21)23-20(22-9-26)24-17(12)25/h5-6,9-11,13-15H,7-8H2,1-4H3,(H,22,23,24,26)/t13-,14+,15+/m0/s1. The Hall–Kier alpha value is -2.72. The van der Waals surface area contributed by atoms with Gasteiger partial charge in [0.25, 0.3) is 0 Å². The zero-order valence-electron chi connectivity index (χ0n) is 17.7. The second-order valence-electron chi connectivity index (χ2n) is 7.84. The highest BCUT2D eigenvalue weighted by molar-refractivity contribution is 6.34. The molecule has 11 heteroatoms. The number of halogens is 1. The summed E-state index contributed by atoms with van der Waals surface area (Å²) in [7, 11) is 0. The van der Waals surface area contributed by atoms with E-state index in [1.165, 1.54) is 0 Å². The molecule has 2 aromatic heterocycles. The fraction of sp³-hybridized carbons (Fsp3) is 0.550. The first-order chi connectivity index (χ1) is 14.7. The zero-order valence-corrected chi connectivity index (χ0v) is 18.5. The number of esters is 2. The summed E-state index contributed by atoms with van der Waals surface area (Å²) < 4.78 is 18.8. The maximum Gasteiger partial charge on any atom is 0.308 e. The first kappa shape index (κ1) is 23.0. The summed E-state index contributed by atoms with van der Waals surface area (Å²) >= 11 is 6.21. The van der Waals surface area contributed by atoms with Gasteiger partial charge < -0.3 is 18.8 Å². The topological polar surface area (TPSA) is 122 Å². The molecule has 3 heterocycles. The number of amides is 1. The van der Waals surface area contributed by atoms with Crippen LogP contribution in [0.5, 0.6) is 0 Å². The number of carbonyl (C=O) groups excluding carboxylic acids is 3. The number of hydrogen-bond donors (Lipinski definition) is 1. The van der Waals surface area contributed by atoms with Gasteiger partial charge in [-0.2, -0.15) is 9.97 Å². The van der Waals surface area contributed by atoms with Gasteiger partial charge in [-0.15, -0.1) is 0 Å². The molecule has 3 atom stereocenters. The zero-order chi connectivity index (χ0) is 22.7. The van der Waals surface area contributed by atoms with Gasteiger partial charge in [-0.05, 0) is 6.07 Å². The van der Waals surface area contributed by atoms with Crippen LogP contribution in [-0.2, 0) is 28.6 Å². The summed E-state index contributed by atoms with van der Waals surface area (Å²) in [4.78, 5) is 43.2. The Labute approximate surface area is 184 Å². The number of anilines is 1. The lowest BCUT2D eigenvalue weighted by Crippen LogP contribution is -2.33. The molecule has 0 aliphatic carbocycles. The first-order valence-electron chi connectivity index (χ1n) is 9.98. The molecule has 1 saturated heterocycles. The lowest BCUT2D eigenvalue weighted by atomic mass is 10.1. The van der Waals surface area contributed by atoms with Crippen LogP contribution in [0.1, 0.15) is 40.3 Å². The Morgan fingerprint density at radius 2 is 2.00 bits per heavy atom. The summed E-state index contributed by atoms with van der Waals surface area (Å²) in [5, 5.41) is 3.13. The lowest BCUT2D eigenvalue weighted by molar-refractivity contribution is -0.162. The first-order valence-corrected chi connectivity index (χ1v) is 10.4. The van der Waals surface area contributed by atoms with Gasteiger partial charge in [0.05, 0.1) is 17.2 Å². The van der Waals surface area contributed by atoms with Crippen LogP contribution in [0.3, 0.4) is 0 Å². The van der Waals surface area contributed by atoms with Gasteiger partial charge in [-0.1, -0.05) is 39.3 Å². The van der Waals surface area contributed by atoms with E-state index < -0.39 is 18.4 Å². The molecule has 1 aliphatic rings. The molecule has 10 nitrogen and oxygen atoms in total. The molecule has 0 bridgehead atoms. The number of rotatable bonds is 8. The minimum absolute atomic E-state index is 0.0452. The molecule has 168 valence electrons. The van der Waals surface area contributed by atoms with Gasteiger partial charge in [0, 0.05) is 12.6 Å². The van der Waals surface area contributed by atoms with Crippen molar-refractivity contribution < 1.29 is 28.6 Å². The average Bonchev–Trinajstić information content (AvgIpc) is 3.30. The largest absolute Gasteiger partial charge is 0.463 e. The molecule has 0 spiro atoms. The van der Waals surface area contributed by atoms with Crippen molar-refractivity contribution in [2.75, 3.05) is 11.9 Å². The smallest absolute Gasteiger partial charge is 0.308 e. The number of nitrogens with one attached hydrogen (secondary N) is 1. The molecule has 1 amide bonds. The van der Waals surface area contributed by atoms with Crippen molar-refractivity contribution in [2.24, 2.45) is 11.8 Å². The summed E-state index contributed by atoms with van der Waals surface area (Å²) in [6, 6.07) is 1.73. The predicted octanol–water partition coefficient (Wildman–Crippen LogP) is 2.71. The minimum Gasteiger partial charge on any atom is -0.463 e. The predicted molar refractivity (Wildman–Crippen MR) is 111 cm³/mol. The van der Waals surface area contributed by atoms with Crippen molar-refractivity contribution in [3.05, 3.63) is 17.4 Å². The number of hydrogen-bond acceptors (Lipinski definition) is 8. The van der Waals surface area contributed by atoms with Crippen LogP contribution in [0.4, 0.5) is 5.95 Å². The van der Waals surface area contributed by atoms with Crippen molar-refractivity contribution in [1.29, 1.82) is 0 Å². The normalized spacial score (nSPS) is 20.9. The van der Waals surface area contributed by atoms with Crippen molar-refractivity contribution in [3.63, 3.8) is 0 Å². The Balaban J connectivity index is 1.86. The fourth-order valence-electron chi connectivity index (χ4n) is 3.11. The van der Waals surface area contributed by atoms with E-state index in [2.05, 4.69) is 15.3 Å². The van der Waals surface area contributed by atoms with E-state index in [1.807, 2.05) is 0 Å². The van der Waals surface area contributed by atoms with Gasteiger partial charge in [0.15, 0.2) is 0 Å². The molecular weight excluding hydrogens is 428 g/mol. The highest BCUT2D eigenvalue weighted by Crippen LogP contribution is 2.35. The van der Waals surface area contributed by atoms with Crippen LogP contribution in [0.25, 0.3) is 11.0 Å². The molecule has 2 aromatic rings. The molecule has 1 aliphatic heterocycles. The van der Waals surface area contributed by atoms with E-state index in [-0.39, 0.29) is 41.5 Å². The van der Waals surface area contributed by atoms with Gasteiger partial charge >= 0.3 is 11.9 Å². The summed E-state index contributed by atoms with van der Waals surface area (Å²) in [6.45, 7) is 6.90. The minimum atomic E-state index is -0.641. The summed E-state index contributed by atoms with van der Waals surface area (Å²) in [5.74, 6) is -1.28. The third kappa shape index (κ3) is 5.13. The van der Waals surface area contributed by atoms with Gasteiger partial charge in [0.2, 0.25) is 12.4 Å². The highest BCUT2D eigenvalue weighted by Gasteiger charge is 2.40. The van der Waals surface area contributed by atoms with Crippen LogP contribution >= 0.6 is 11.6 Å². The van der Waals surface area contributed by atoms with Crippen molar-refractivity contribution in [1.82, 2.24) is 14.5 Å². The Morgan fingerprint density at radius 1 is 1.29 bits per heavy atom. The molecular formula is C20H25ClN4O6. The van der Waals surface area contributed by atoms with Crippen LogP contribution < -0.4 is 5.32 Å². The Kier molecular flexibility index (Phi) is 7.11. The van der Waals surface area contributed by atoms with Crippen molar-refractivity contribution >= 4 is 46.9 Å². The molecule has 3 rings (SSSR count). The van der Waals surface area contributed by atoms with E-state index in [9.17, 15) is 14.4 Å². The monoisotopic (exact) mass is 452 g/mol. The third-order valence-electron chi connectivity index (χ3n) is 4.80. The summed E-state index contributed by atoms with van der Waals surface area (Å²) in [6.07, 6.45) is 0.701. The molecule has 31 heavy (non-hydrogen) atoms. The van der Waals surface area contributed by atoms with E-state index >= 15 is 0 Å². The van der Waals surface area contributed by atoms with Crippen LogP contribution in [0.15, 0.2) is 12.3 Å². The quantitative estimate of drug-likeness (QED) is 0.368. The van der Waals surface area contributed by atoms with Crippen LogP contribution in [-0.4, -0.2) is 51.7 Å². The Bertz CT molecular complexity index is 976. The number of aromatic nitrogens is 3. The van der Waals surface area contributed by atoms with E-state index in [4.69, 9.17) is 25.8 Å². The molecule has 1 fully saturated rings. The Morgan fingerprint density at radius 3 is 2.65 bits per heavy atom. The molecule has 0 aromatic carbocycles. The number of nitrogens with zero attached hydrogens (tertiary/aromatic N) is 3. The third-order valence-corrected chi connectivity index (χ3v) is 5.09. The average molecular weight is 453 g/mol. The van der Waals surface area contributed by atoms with Gasteiger partial charge in [-0.3, -0.25) is 19.7 Å². The second kappa shape index (κ2) is 9.61. The van der Waals surface area contributed by atoms with Crippen LogP contribution in [0.2, 0.25) is 5.15 Å². The SMILES string of the molecule is CC(C)C(=O)OC[C@H]1O[C@@H](n2ccc3c(Cl)nc(NC=O)nc32)C[C@@H]1OC(=O)C(C)C.